The Labute approximate surface area is 220 Å². The van der Waals surface area contributed by atoms with E-state index >= 15 is 4.39 Å². The smallest absolute Gasteiger partial charge is 0.329 e. The van der Waals surface area contributed by atoms with Gasteiger partial charge in [0.15, 0.2) is 0 Å². The van der Waals surface area contributed by atoms with Crippen molar-refractivity contribution in [3.8, 4) is 22.8 Å². The van der Waals surface area contributed by atoms with E-state index in [9.17, 15) is 4.79 Å². The first kappa shape index (κ1) is 24.9. The Morgan fingerprint density at radius 2 is 2.00 bits per heavy atom. The van der Waals surface area contributed by atoms with Gasteiger partial charge in [-0.2, -0.15) is 0 Å². The second-order valence-corrected chi connectivity index (χ2v) is 10.2. The van der Waals surface area contributed by atoms with Crippen LogP contribution in [-0.4, -0.2) is 65.6 Å². The lowest BCUT2D eigenvalue weighted by Gasteiger charge is -2.26. The molecule has 2 aliphatic heterocycles. The topological polar surface area (TPSA) is 70.8 Å². The van der Waals surface area contributed by atoms with Crippen molar-refractivity contribution in [1.29, 1.82) is 0 Å². The number of methoxy groups -OCH3 is 1. The number of halogens is 1. The van der Waals surface area contributed by atoms with Gasteiger partial charge in [0, 0.05) is 38.5 Å². The Morgan fingerprint density at radius 1 is 1.16 bits per heavy atom. The molecule has 2 aromatic heterocycles. The van der Waals surface area contributed by atoms with E-state index in [2.05, 4.69) is 9.88 Å². The highest BCUT2D eigenvalue weighted by Gasteiger charge is 2.29. The molecule has 1 atom stereocenters. The van der Waals surface area contributed by atoms with Gasteiger partial charge in [-0.15, -0.1) is 0 Å². The average molecular weight is 521 g/mol. The van der Waals surface area contributed by atoms with Gasteiger partial charge in [0.2, 0.25) is 5.88 Å². The molecule has 1 saturated heterocycles. The molecule has 4 aromatic rings. The molecule has 6 rings (SSSR count). The minimum Gasteiger partial charge on any atom is -0.490 e. The van der Waals surface area contributed by atoms with Crippen LogP contribution in [0.4, 0.5) is 4.39 Å². The Balaban J connectivity index is 1.33. The molecule has 0 N–H and O–H groups in total. The lowest BCUT2D eigenvalue weighted by Crippen LogP contribution is -2.31. The van der Waals surface area contributed by atoms with Gasteiger partial charge >= 0.3 is 5.69 Å². The lowest BCUT2D eigenvalue weighted by molar-refractivity contribution is 0.124. The number of rotatable bonds is 8. The van der Waals surface area contributed by atoms with Crippen LogP contribution in [0.2, 0.25) is 0 Å². The molecule has 0 spiro atoms. The van der Waals surface area contributed by atoms with Gasteiger partial charge < -0.3 is 19.1 Å². The predicted molar refractivity (Wildman–Crippen MR) is 145 cm³/mol. The third-order valence-electron chi connectivity index (χ3n) is 7.75. The van der Waals surface area contributed by atoms with Crippen LogP contribution < -0.4 is 15.2 Å². The number of likely N-dealkylation sites (tertiary alicyclic amines) is 1. The highest BCUT2D eigenvalue weighted by Crippen LogP contribution is 2.44. The first-order valence-electron chi connectivity index (χ1n) is 13.4. The quantitative estimate of drug-likeness (QED) is 0.318. The zero-order chi connectivity index (χ0) is 26.2. The normalized spacial score (nSPS) is 17.7. The van der Waals surface area contributed by atoms with Crippen molar-refractivity contribution in [3.63, 3.8) is 0 Å². The van der Waals surface area contributed by atoms with Crippen molar-refractivity contribution >= 4 is 21.8 Å². The van der Waals surface area contributed by atoms with E-state index in [4.69, 9.17) is 14.2 Å². The highest BCUT2D eigenvalue weighted by atomic mass is 19.1. The molecular weight excluding hydrogens is 487 g/mol. The van der Waals surface area contributed by atoms with E-state index in [1.165, 1.54) is 38.4 Å². The zero-order valence-corrected chi connectivity index (χ0v) is 21.9. The Hall–Kier alpha value is -3.43. The third-order valence-corrected chi connectivity index (χ3v) is 7.75. The van der Waals surface area contributed by atoms with E-state index in [0.717, 1.165) is 24.0 Å². The molecule has 0 amide bonds. The average Bonchev–Trinajstić information content (AvgIpc) is 3.07. The molecule has 0 aliphatic carbocycles. The summed E-state index contributed by atoms with van der Waals surface area (Å²) >= 11 is 0. The molecule has 8 nitrogen and oxygen atoms in total. The molecular formula is C29H33FN4O4. The van der Waals surface area contributed by atoms with Crippen LogP contribution in [0.1, 0.15) is 31.7 Å². The first-order chi connectivity index (χ1) is 18.6. The van der Waals surface area contributed by atoms with Crippen LogP contribution in [-0.2, 0) is 11.8 Å². The van der Waals surface area contributed by atoms with E-state index in [-0.39, 0.29) is 18.3 Å². The van der Waals surface area contributed by atoms with E-state index in [0.29, 0.717) is 46.7 Å². The van der Waals surface area contributed by atoms with E-state index < -0.39 is 5.82 Å². The third kappa shape index (κ3) is 4.33. The molecule has 0 radical (unpaired) electrons. The number of hydrogen-bond donors (Lipinski definition) is 0. The molecule has 0 saturated carbocycles. The number of ether oxygens (including phenoxy) is 3. The van der Waals surface area contributed by atoms with Gasteiger partial charge in [-0.05, 0) is 55.9 Å². The first-order valence-corrected chi connectivity index (χ1v) is 13.4. The molecule has 9 heteroatoms. The molecule has 0 bridgehead atoms. The molecule has 1 fully saturated rings. The SMILES string of the molecule is COCC1COc2c(-c3ccc(OCCCN4CCCCC4)nc3)c(F)cc3ccc4c(c23)n1c(=O)n4C. The number of aryl methyl sites for hydroxylation is 1. The maximum Gasteiger partial charge on any atom is 0.329 e. The number of piperidine rings is 1. The van der Waals surface area contributed by atoms with E-state index in [1.807, 2.05) is 18.2 Å². The van der Waals surface area contributed by atoms with Crippen LogP contribution in [0.25, 0.3) is 32.9 Å². The number of pyridine rings is 1. The van der Waals surface area contributed by atoms with Crippen molar-refractivity contribution in [2.75, 3.05) is 46.6 Å². The van der Waals surface area contributed by atoms with Gasteiger partial charge in [0.05, 0.1) is 41.2 Å². The van der Waals surface area contributed by atoms with Crippen LogP contribution >= 0.6 is 0 Å². The van der Waals surface area contributed by atoms with Crippen molar-refractivity contribution in [2.45, 2.75) is 31.7 Å². The number of nitrogens with zero attached hydrogens (tertiary/aromatic N) is 4. The summed E-state index contributed by atoms with van der Waals surface area (Å²) in [5.41, 5.74) is 2.26. The molecule has 200 valence electrons. The molecule has 1 unspecified atom stereocenters. The van der Waals surface area contributed by atoms with Crippen LogP contribution in [0, 0.1) is 5.82 Å². The summed E-state index contributed by atoms with van der Waals surface area (Å²) in [7, 11) is 3.34. The zero-order valence-electron chi connectivity index (χ0n) is 21.9. The van der Waals surface area contributed by atoms with Crippen molar-refractivity contribution in [1.82, 2.24) is 19.0 Å². The van der Waals surface area contributed by atoms with Gasteiger partial charge in [-0.3, -0.25) is 9.13 Å². The summed E-state index contributed by atoms with van der Waals surface area (Å²) in [6, 6.07) is 8.43. The standard InChI is InChI=1S/C29H33FN4O4/c1-32-23-9-7-19-15-22(30)25(28-26(19)27(23)34(29(32)35)21(17-36-2)18-38-28)20-8-10-24(31-16-20)37-14-6-13-33-11-4-3-5-12-33/h7-10,15-16,21H,3-6,11-14,17-18H2,1-2H3. The summed E-state index contributed by atoms with van der Waals surface area (Å²) < 4.78 is 36.5. The minimum absolute atomic E-state index is 0.152. The largest absolute Gasteiger partial charge is 0.490 e. The maximum atomic E-state index is 15.6. The van der Waals surface area contributed by atoms with Gasteiger partial charge in [0.1, 0.15) is 18.2 Å². The Bertz CT molecular complexity index is 1520. The fourth-order valence-electron chi connectivity index (χ4n) is 5.85. The number of aromatic nitrogens is 3. The molecule has 4 heterocycles. The number of imidazole rings is 1. The fourth-order valence-corrected chi connectivity index (χ4v) is 5.85. The van der Waals surface area contributed by atoms with Gasteiger partial charge in [0.25, 0.3) is 0 Å². The Morgan fingerprint density at radius 3 is 2.76 bits per heavy atom. The predicted octanol–water partition coefficient (Wildman–Crippen LogP) is 4.53. The molecule has 2 aromatic carbocycles. The van der Waals surface area contributed by atoms with Crippen LogP contribution in [0.5, 0.6) is 11.6 Å². The fraction of sp³-hybridized carbons (Fsp3) is 0.448. The van der Waals surface area contributed by atoms with Crippen molar-refractivity contribution in [3.05, 3.63) is 52.8 Å². The van der Waals surface area contributed by atoms with Crippen molar-refractivity contribution < 1.29 is 18.6 Å². The van der Waals surface area contributed by atoms with Crippen molar-refractivity contribution in [2.24, 2.45) is 7.05 Å². The number of hydrogen-bond acceptors (Lipinski definition) is 6. The van der Waals surface area contributed by atoms with Gasteiger partial charge in [-0.1, -0.05) is 12.5 Å². The minimum atomic E-state index is -0.404. The van der Waals surface area contributed by atoms with E-state index in [1.54, 1.807) is 35.6 Å². The highest BCUT2D eigenvalue weighted by molar-refractivity contribution is 6.11. The summed E-state index contributed by atoms with van der Waals surface area (Å²) in [4.78, 5) is 20.2. The number of benzene rings is 2. The lowest BCUT2D eigenvalue weighted by atomic mass is 9.99. The van der Waals surface area contributed by atoms with Gasteiger partial charge in [-0.25, -0.2) is 14.2 Å². The maximum absolute atomic E-state index is 15.6. The van der Waals surface area contributed by atoms with Crippen LogP contribution in [0.15, 0.2) is 41.3 Å². The second-order valence-electron chi connectivity index (χ2n) is 10.2. The second kappa shape index (κ2) is 10.4. The summed E-state index contributed by atoms with van der Waals surface area (Å²) in [6.45, 7) is 4.44. The Kier molecular flexibility index (Phi) is 6.80. The summed E-state index contributed by atoms with van der Waals surface area (Å²) in [6.07, 6.45) is 6.46. The monoisotopic (exact) mass is 520 g/mol. The molecule has 38 heavy (non-hydrogen) atoms. The van der Waals surface area contributed by atoms with Crippen LogP contribution in [0.3, 0.4) is 0 Å². The summed E-state index contributed by atoms with van der Waals surface area (Å²) in [5, 5.41) is 1.39. The molecule has 2 aliphatic rings. The summed E-state index contributed by atoms with van der Waals surface area (Å²) in [5.74, 6) is 0.527.